The molecule has 0 aliphatic heterocycles. The summed E-state index contributed by atoms with van der Waals surface area (Å²) in [5.41, 5.74) is 1.19. The molecule has 0 bridgehead atoms. The molecule has 3 aromatic rings. The van der Waals surface area contributed by atoms with E-state index in [1.807, 2.05) is 31.2 Å². The molecular weight excluding hydrogens is 418 g/mol. The Morgan fingerprint density at radius 3 is 2.61 bits per heavy atom. The molecule has 9 nitrogen and oxygen atoms in total. The molecule has 0 aliphatic carbocycles. The summed E-state index contributed by atoms with van der Waals surface area (Å²) in [6.07, 6.45) is 0.286. The molecule has 0 saturated heterocycles. The Kier molecular flexibility index (Phi) is 7.50. The van der Waals surface area contributed by atoms with Crippen LogP contribution in [0.4, 0.5) is 5.69 Å². The van der Waals surface area contributed by atoms with E-state index < -0.39 is 5.56 Å². The van der Waals surface area contributed by atoms with Crippen molar-refractivity contribution in [3.63, 3.8) is 0 Å². The maximum Gasteiger partial charge on any atom is 0.294 e. The number of nitrogen functional groups attached to an aromatic ring is 1. The van der Waals surface area contributed by atoms with Crippen LogP contribution in [0.25, 0.3) is 0 Å². The van der Waals surface area contributed by atoms with Gasteiger partial charge in [-0.1, -0.05) is 36.0 Å². The Morgan fingerprint density at radius 1 is 1.16 bits per heavy atom. The van der Waals surface area contributed by atoms with Crippen molar-refractivity contribution < 1.29 is 14.3 Å². The van der Waals surface area contributed by atoms with Crippen LogP contribution in [0.1, 0.15) is 18.2 Å². The zero-order valence-electron chi connectivity index (χ0n) is 17.2. The first-order chi connectivity index (χ1) is 15.0. The smallest absolute Gasteiger partial charge is 0.294 e. The number of hydrogen-bond donors (Lipinski definition) is 2. The summed E-state index contributed by atoms with van der Waals surface area (Å²) in [5.74, 6) is 6.91. The van der Waals surface area contributed by atoms with Crippen molar-refractivity contribution in [2.45, 2.75) is 18.5 Å². The predicted octanol–water partition coefficient (Wildman–Crippen LogP) is 2.08. The van der Waals surface area contributed by atoms with Gasteiger partial charge in [0.1, 0.15) is 17.2 Å². The number of amides is 1. The molecule has 0 fully saturated rings. The topological polar surface area (TPSA) is 121 Å². The van der Waals surface area contributed by atoms with E-state index in [0.29, 0.717) is 18.0 Å². The van der Waals surface area contributed by atoms with Crippen LogP contribution < -0.4 is 26.2 Å². The zero-order chi connectivity index (χ0) is 22.2. The Balaban J connectivity index is 1.63. The Morgan fingerprint density at radius 2 is 1.90 bits per heavy atom. The van der Waals surface area contributed by atoms with E-state index in [1.165, 1.54) is 7.11 Å². The minimum absolute atomic E-state index is 0.00159. The van der Waals surface area contributed by atoms with Gasteiger partial charge in [-0.05, 0) is 36.8 Å². The van der Waals surface area contributed by atoms with Gasteiger partial charge in [0.2, 0.25) is 11.1 Å². The van der Waals surface area contributed by atoms with E-state index in [0.717, 1.165) is 27.8 Å². The van der Waals surface area contributed by atoms with Gasteiger partial charge in [-0.3, -0.25) is 9.59 Å². The minimum atomic E-state index is -0.462. The summed E-state index contributed by atoms with van der Waals surface area (Å²) < 4.78 is 11.5. The number of nitrogens with zero attached hydrogens (tertiary/aromatic N) is 3. The molecule has 0 aliphatic rings. The monoisotopic (exact) mass is 441 g/mol. The fourth-order valence-electron chi connectivity index (χ4n) is 2.76. The van der Waals surface area contributed by atoms with Crippen LogP contribution in [0.5, 0.6) is 11.5 Å². The number of nitrogens with one attached hydrogen (secondary N) is 1. The average molecular weight is 442 g/mol. The van der Waals surface area contributed by atoms with Gasteiger partial charge in [0.25, 0.3) is 5.56 Å². The highest BCUT2D eigenvalue weighted by molar-refractivity contribution is 7.99. The summed E-state index contributed by atoms with van der Waals surface area (Å²) in [4.78, 5) is 24.8. The normalized spacial score (nSPS) is 10.5. The Bertz CT molecular complexity index is 1100. The summed E-state index contributed by atoms with van der Waals surface area (Å²) >= 11 is 1.02. The van der Waals surface area contributed by atoms with Crippen molar-refractivity contribution in [2.75, 3.05) is 30.6 Å². The number of carbonyl (C=O) groups is 1. The lowest BCUT2D eigenvalue weighted by atomic mass is 10.1. The first-order valence-corrected chi connectivity index (χ1v) is 10.5. The molecular formula is C21H23N5O4S. The number of anilines is 1. The Labute approximate surface area is 183 Å². The number of benzene rings is 2. The molecule has 1 amide bonds. The van der Waals surface area contributed by atoms with Gasteiger partial charge in [-0.15, -0.1) is 10.2 Å². The van der Waals surface area contributed by atoms with Crippen LogP contribution in [0.3, 0.4) is 0 Å². The number of ether oxygens (including phenoxy) is 2. The van der Waals surface area contributed by atoms with E-state index in [1.54, 1.807) is 24.3 Å². The third-order valence-electron chi connectivity index (χ3n) is 4.25. The molecule has 0 atom stereocenters. The van der Waals surface area contributed by atoms with Gasteiger partial charge in [0, 0.05) is 6.42 Å². The summed E-state index contributed by atoms with van der Waals surface area (Å²) in [5, 5.41) is 10.9. The maximum absolute atomic E-state index is 12.6. The van der Waals surface area contributed by atoms with E-state index in [9.17, 15) is 9.59 Å². The number of rotatable bonds is 9. The number of aromatic nitrogens is 3. The van der Waals surface area contributed by atoms with Crippen molar-refractivity contribution in [1.82, 2.24) is 14.9 Å². The van der Waals surface area contributed by atoms with E-state index >= 15 is 0 Å². The van der Waals surface area contributed by atoms with Crippen molar-refractivity contribution in [3.8, 4) is 11.5 Å². The highest BCUT2D eigenvalue weighted by Gasteiger charge is 2.14. The van der Waals surface area contributed by atoms with Crippen LogP contribution in [0, 0.1) is 0 Å². The lowest BCUT2D eigenvalue weighted by Crippen LogP contribution is -2.34. The Hall–Kier alpha value is -3.53. The second kappa shape index (κ2) is 10.5. The number of thioether (sulfide) groups is 1. The largest absolute Gasteiger partial charge is 0.495 e. The number of hydrogen-bond acceptors (Lipinski definition) is 8. The third kappa shape index (κ3) is 5.76. The van der Waals surface area contributed by atoms with Crippen LogP contribution in [-0.2, 0) is 11.2 Å². The minimum Gasteiger partial charge on any atom is -0.495 e. The van der Waals surface area contributed by atoms with Gasteiger partial charge in [0.15, 0.2) is 0 Å². The first-order valence-electron chi connectivity index (χ1n) is 9.53. The second-order valence-electron chi connectivity index (χ2n) is 6.40. The lowest BCUT2D eigenvalue weighted by molar-refractivity contribution is -0.113. The van der Waals surface area contributed by atoms with Gasteiger partial charge < -0.3 is 20.6 Å². The van der Waals surface area contributed by atoms with Crippen LogP contribution >= 0.6 is 11.8 Å². The third-order valence-corrected chi connectivity index (χ3v) is 5.19. The van der Waals surface area contributed by atoms with Crippen molar-refractivity contribution in [2.24, 2.45) is 0 Å². The molecule has 0 radical (unpaired) electrons. The average Bonchev–Trinajstić information content (AvgIpc) is 2.78. The molecule has 3 N–H and O–H groups in total. The van der Waals surface area contributed by atoms with Gasteiger partial charge in [-0.25, -0.2) is 0 Å². The molecule has 1 heterocycles. The SMILES string of the molecule is CCOc1ccc(Cc2nnc(SCC(=O)Nc3ccccc3OC)n(N)c2=O)cc1. The lowest BCUT2D eigenvalue weighted by Gasteiger charge is -2.10. The van der Waals surface area contributed by atoms with Crippen molar-refractivity contribution in [1.29, 1.82) is 0 Å². The van der Waals surface area contributed by atoms with Crippen molar-refractivity contribution >= 4 is 23.4 Å². The van der Waals surface area contributed by atoms with E-state index in [-0.39, 0.29) is 28.9 Å². The standard InChI is InChI=1S/C21H23N5O4S/c1-3-30-15-10-8-14(9-11-15)12-17-20(28)26(22)21(25-24-17)31-13-19(27)23-16-6-4-5-7-18(16)29-2/h4-11H,3,12-13,22H2,1-2H3,(H,23,27). The summed E-state index contributed by atoms with van der Waals surface area (Å²) in [6, 6.07) is 14.5. The molecule has 31 heavy (non-hydrogen) atoms. The van der Waals surface area contributed by atoms with E-state index in [2.05, 4.69) is 15.5 Å². The maximum atomic E-state index is 12.6. The van der Waals surface area contributed by atoms with Crippen LogP contribution in [0.2, 0.25) is 0 Å². The quantitative estimate of drug-likeness (QED) is 0.382. The number of carbonyl (C=O) groups excluding carboxylic acids is 1. The van der Waals surface area contributed by atoms with Gasteiger partial charge in [0.05, 0.1) is 25.2 Å². The summed E-state index contributed by atoms with van der Waals surface area (Å²) in [6.45, 7) is 2.49. The molecule has 0 saturated carbocycles. The van der Waals surface area contributed by atoms with Gasteiger partial charge >= 0.3 is 0 Å². The molecule has 1 aromatic heterocycles. The molecule has 3 rings (SSSR count). The molecule has 162 valence electrons. The number of methoxy groups -OCH3 is 1. The van der Waals surface area contributed by atoms with E-state index in [4.69, 9.17) is 15.3 Å². The molecule has 10 heteroatoms. The molecule has 0 unspecified atom stereocenters. The second-order valence-corrected chi connectivity index (χ2v) is 7.34. The van der Waals surface area contributed by atoms with Crippen molar-refractivity contribution in [3.05, 3.63) is 70.1 Å². The first kappa shape index (κ1) is 22.2. The number of para-hydroxylation sites is 2. The molecule has 2 aromatic carbocycles. The highest BCUT2D eigenvalue weighted by atomic mass is 32.2. The fraction of sp³-hybridized carbons (Fsp3) is 0.238. The summed E-state index contributed by atoms with van der Waals surface area (Å²) in [7, 11) is 1.53. The van der Waals surface area contributed by atoms with Crippen LogP contribution in [-0.4, -0.2) is 40.3 Å². The zero-order valence-corrected chi connectivity index (χ0v) is 18.0. The van der Waals surface area contributed by atoms with Crippen LogP contribution in [0.15, 0.2) is 58.5 Å². The highest BCUT2D eigenvalue weighted by Crippen LogP contribution is 2.23. The number of nitrogens with two attached hydrogens (primary N) is 1. The molecule has 0 spiro atoms. The van der Waals surface area contributed by atoms with Gasteiger partial charge in [-0.2, -0.15) is 4.68 Å². The predicted molar refractivity (Wildman–Crippen MR) is 119 cm³/mol. The fourth-order valence-corrected chi connectivity index (χ4v) is 3.41.